The molecule has 6 rings (SSSR count). The Morgan fingerprint density at radius 1 is 0.930 bits per heavy atom. The molecule has 6 atom stereocenters. The fourth-order valence-electron chi connectivity index (χ4n) is 7.85. The summed E-state index contributed by atoms with van der Waals surface area (Å²) in [5, 5.41) is 10.6. The Morgan fingerprint density at radius 2 is 1.65 bits per heavy atom. The minimum Gasteiger partial charge on any atom is -0.394 e. The van der Waals surface area contributed by atoms with E-state index >= 15 is 0 Å². The van der Waals surface area contributed by atoms with Gasteiger partial charge in [-0.05, 0) is 24.5 Å². The Morgan fingerprint density at radius 3 is 2.33 bits per heavy atom. The van der Waals surface area contributed by atoms with Gasteiger partial charge in [-0.15, -0.1) is 0 Å². The number of carbonyl (C=O) groups is 3. The number of hydrogen-bond donors (Lipinski definition) is 1. The van der Waals surface area contributed by atoms with Crippen molar-refractivity contribution in [2.45, 2.75) is 50.5 Å². The van der Waals surface area contributed by atoms with E-state index in [0.29, 0.717) is 45.8 Å². The number of amides is 3. The predicted molar refractivity (Wildman–Crippen MR) is 161 cm³/mol. The Labute approximate surface area is 253 Å². The lowest BCUT2D eigenvalue weighted by Gasteiger charge is -2.42. The van der Waals surface area contributed by atoms with Gasteiger partial charge in [-0.2, -0.15) is 0 Å². The molecule has 5 aliphatic heterocycles. The standard InChI is InChI=1S/C33H44N4O6/c1-4-32-12-8-15-36(24-10-6-5-7-11-24)29(39)26(32)27-30(40)37(25(22-38)23(2)3)28-31(41)35(14-9-13-33(27,28)43-32)17-16-34-18-20-42-21-19-34/h5-13,23,25-28,38H,4,14-22H2,1-3H3/t25-,26+,27-,28?,32-,33-/m0/s1. The highest BCUT2D eigenvalue weighted by molar-refractivity contribution is 6.04. The lowest BCUT2D eigenvalue weighted by Crippen LogP contribution is -2.60. The van der Waals surface area contributed by atoms with Gasteiger partial charge in [-0.25, -0.2) is 0 Å². The summed E-state index contributed by atoms with van der Waals surface area (Å²) < 4.78 is 12.6. The SMILES string of the molecule is CC[C@]12C=CCN(c3ccccc3)C(=O)[C@H]1[C@H]1C(=O)N([C@@H](CO)C(C)C)C3C(=O)N(CCN4CCOCC4)CC=C[C@@]31O2. The van der Waals surface area contributed by atoms with E-state index in [1.807, 2.05) is 75.4 Å². The van der Waals surface area contributed by atoms with Crippen LogP contribution < -0.4 is 4.90 Å². The van der Waals surface area contributed by atoms with Crippen molar-refractivity contribution in [1.29, 1.82) is 0 Å². The molecule has 0 radical (unpaired) electrons. The van der Waals surface area contributed by atoms with Crippen molar-refractivity contribution >= 4 is 23.4 Å². The predicted octanol–water partition coefficient (Wildman–Crippen LogP) is 1.70. The van der Waals surface area contributed by atoms with Crippen molar-refractivity contribution in [2.75, 3.05) is 64.0 Å². The van der Waals surface area contributed by atoms with Gasteiger partial charge < -0.3 is 29.3 Å². The van der Waals surface area contributed by atoms with E-state index in [4.69, 9.17) is 9.47 Å². The molecule has 232 valence electrons. The second-order valence-corrected chi connectivity index (χ2v) is 12.7. The third-order valence-corrected chi connectivity index (χ3v) is 10.1. The minimum absolute atomic E-state index is 0.117. The number of benzene rings is 1. The number of rotatable bonds is 8. The molecule has 1 aromatic carbocycles. The number of ether oxygens (including phenoxy) is 2. The second-order valence-electron chi connectivity index (χ2n) is 12.7. The average molecular weight is 593 g/mol. The quantitative estimate of drug-likeness (QED) is 0.459. The first kappa shape index (κ1) is 30.0. The maximum absolute atomic E-state index is 14.7. The molecule has 5 heterocycles. The molecule has 0 bridgehead atoms. The van der Waals surface area contributed by atoms with Gasteiger partial charge in [0.1, 0.15) is 11.6 Å². The highest BCUT2D eigenvalue weighted by atomic mass is 16.5. The highest BCUT2D eigenvalue weighted by Crippen LogP contribution is 2.59. The maximum atomic E-state index is 14.7. The van der Waals surface area contributed by atoms with Crippen LogP contribution in [0.1, 0.15) is 27.2 Å². The Kier molecular flexibility index (Phi) is 8.23. The van der Waals surface area contributed by atoms with Gasteiger partial charge in [0, 0.05) is 45.0 Å². The zero-order chi connectivity index (χ0) is 30.4. The molecule has 10 nitrogen and oxygen atoms in total. The van der Waals surface area contributed by atoms with Crippen LogP contribution in [-0.2, 0) is 23.9 Å². The number of hydrogen-bond acceptors (Lipinski definition) is 7. The minimum atomic E-state index is -1.34. The zero-order valence-corrected chi connectivity index (χ0v) is 25.4. The molecule has 1 spiro atoms. The van der Waals surface area contributed by atoms with Crippen molar-refractivity contribution in [1.82, 2.24) is 14.7 Å². The summed E-state index contributed by atoms with van der Waals surface area (Å²) in [5.74, 6) is -2.55. The van der Waals surface area contributed by atoms with Crippen LogP contribution in [0, 0.1) is 17.8 Å². The maximum Gasteiger partial charge on any atom is 0.249 e. The molecule has 0 aliphatic carbocycles. The molecular formula is C33H44N4O6. The molecule has 0 aromatic heterocycles. The van der Waals surface area contributed by atoms with E-state index in [9.17, 15) is 19.5 Å². The van der Waals surface area contributed by atoms with Crippen LogP contribution in [0.25, 0.3) is 0 Å². The van der Waals surface area contributed by atoms with Gasteiger partial charge in [0.15, 0.2) is 0 Å². The topological polar surface area (TPSA) is 103 Å². The van der Waals surface area contributed by atoms with E-state index in [1.165, 1.54) is 0 Å². The van der Waals surface area contributed by atoms with Crippen molar-refractivity contribution in [3.63, 3.8) is 0 Å². The summed E-state index contributed by atoms with van der Waals surface area (Å²) in [4.78, 5) is 51.4. The van der Waals surface area contributed by atoms with Gasteiger partial charge >= 0.3 is 0 Å². The number of anilines is 1. The molecule has 3 fully saturated rings. The normalized spacial score (nSPS) is 33.5. The molecule has 1 N–H and O–H groups in total. The number of fused-ring (bicyclic) bond motifs is 2. The molecule has 43 heavy (non-hydrogen) atoms. The Hall–Kier alpha value is -3.05. The van der Waals surface area contributed by atoms with Gasteiger partial charge in [0.25, 0.3) is 0 Å². The smallest absolute Gasteiger partial charge is 0.249 e. The monoisotopic (exact) mass is 592 g/mol. The summed E-state index contributed by atoms with van der Waals surface area (Å²) in [6.45, 7) is 10.5. The second kappa shape index (κ2) is 11.8. The van der Waals surface area contributed by atoms with Crippen LogP contribution in [0.2, 0.25) is 0 Å². The fraction of sp³-hybridized carbons (Fsp3) is 0.606. The van der Waals surface area contributed by atoms with Crippen LogP contribution in [0.3, 0.4) is 0 Å². The Bertz CT molecular complexity index is 1280. The van der Waals surface area contributed by atoms with Crippen LogP contribution in [0.15, 0.2) is 54.6 Å². The van der Waals surface area contributed by atoms with Crippen LogP contribution in [0.4, 0.5) is 5.69 Å². The molecule has 1 aromatic rings. The van der Waals surface area contributed by atoms with Crippen molar-refractivity contribution in [3.8, 4) is 0 Å². The van der Waals surface area contributed by atoms with Gasteiger partial charge in [-0.1, -0.05) is 63.3 Å². The molecule has 5 aliphatic rings. The number of aliphatic hydroxyl groups excluding tert-OH is 1. The number of morpholine rings is 1. The summed E-state index contributed by atoms with van der Waals surface area (Å²) >= 11 is 0. The number of likely N-dealkylation sites (tertiary alicyclic amines) is 1. The first-order valence-corrected chi connectivity index (χ1v) is 15.7. The van der Waals surface area contributed by atoms with E-state index < -0.39 is 35.1 Å². The lowest BCUT2D eigenvalue weighted by molar-refractivity contribution is -0.156. The molecular weight excluding hydrogens is 548 g/mol. The average Bonchev–Trinajstić information content (AvgIpc) is 3.31. The van der Waals surface area contributed by atoms with E-state index in [0.717, 1.165) is 18.8 Å². The summed E-state index contributed by atoms with van der Waals surface area (Å²) in [6.07, 6.45) is 8.19. The number of aliphatic hydroxyl groups is 1. The van der Waals surface area contributed by atoms with Crippen molar-refractivity contribution < 1.29 is 29.0 Å². The first-order valence-electron chi connectivity index (χ1n) is 15.7. The van der Waals surface area contributed by atoms with Gasteiger partial charge in [0.2, 0.25) is 17.7 Å². The Balaban J connectivity index is 1.43. The third-order valence-electron chi connectivity index (χ3n) is 10.1. The van der Waals surface area contributed by atoms with E-state index in [2.05, 4.69) is 4.90 Å². The van der Waals surface area contributed by atoms with Gasteiger partial charge in [0.05, 0.1) is 43.3 Å². The van der Waals surface area contributed by atoms with E-state index in [-0.39, 0.29) is 30.2 Å². The zero-order valence-electron chi connectivity index (χ0n) is 25.4. The highest BCUT2D eigenvalue weighted by Gasteiger charge is 2.76. The van der Waals surface area contributed by atoms with Crippen LogP contribution in [0.5, 0.6) is 0 Å². The molecule has 10 heteroatoms. The summed E-state index contributed by atoms with van der Waals surface area (Å²) in [7, 11) is 0. The fourth-order valence-corrected chi connectivity index (χ4v) is 7.85. The van der Waals surface area contributed by atoms with Crippen molar-refractivity contribution in [3.05, 3.63) is 54.6 Å². The van der Waals surface area contributed by atoms with Gasteiger partial charge in [-0.3, -0.25) is 19.3 Å². The summed E-state index contributed by atoms with van der Waals surface area (Å²) in [5.41, 5.74) is -1.64. The molecule has 1 unspecified atom stereocenters. The summed E-state index contributed by atoms with van der Waals surface area (Å²) in [6, 6.07) is 7.88. The number of nitrogens with zero attached hydrogens (tertiary/aromatic N) is 4. The van der Waals surface area contributed by atoms with Crippen molar-refractivity contribution in [2.24, 2.45) is 17.8 Å². The molecule has 3 amide bonds. The molecule has 0 saturated carbocycles. The number of carbonyl (C=O) groups excluding carboxylic acids is 3. The van der Waals surface area contributed by atoms with E-state index in [1.54, 1.807) is 14.7 Å². The third kappa shape index (κ3) is 4.83. The van der Waals surface area contributed by atoms with Crippen LogP contribution in [-0.4, -0.2) is 120 Å². The lowest BCUT2D eigenvalue weighted by atomic mass is 9.73. The molecule has 3 saturated heterocycles. The number of para-hydroxylation sites is 1. The van der Waals surface area contributed by atoms with Crippen LogP contribution >= 0.6 is 0 Å². The first-order chi connectivity index (χ1) is 20.8. The largest absolute Gasteiger partial charge is 0.394 e.